The summed E-state index contributed by atoms with van der Waals surface area (Å²) in [5, 5.41) is 24.2. The normalized spacial score (nSPS) is 16.4. The van der Waals surface area contributed by atoms with Crippen LogP contribution in [0.1, 0.15) is 33.3 Å². The summed E-state index contributed by atoms with van der Waals surface area (Å²) in [7, 11) is 0. The summed E-state index contributed by atoms with van der Waals surface area (Å²) in [6, 6.07) is 2.50. The molecule has 9 nitrogen and oxygen atoms in total. The number of amides is 1. The maximum absolute atomic E-state index is 14.0. The summed E-state index contributed by atoms with van der Waals surface area (Å²) in [6.07, 6.45) is -1.07. The third kappa shape index (κ3) is 6.26. The number of rotatable bonds is 6. The molecule has 1 saturated heterocycles. The molecule has 1 heterocycles. The first-order valence-corrected chi connectivity index (χ1v) is 9.62. The molecule has 0 spiro atoms. The van der Waals surface area contributed by atoms with Gasteiger partial charge in [-0.3, -0.25) is 15.0 Å². The van der Waals surface area contributed by atoms with Gasteiger partial charge in [0.05, 0.1) is 17.5 Å². The Labute approximate surface area is 169 Å². The summed E-state index contributed by atoms with van der Waals surface area (Å²) in [5.41, 5.74) is -0.0776. The Kier molecular flexibility index (Phi) is 7.37. The molecular weight excluding hydrogens is 383 g/mol. The predicted molar refractivity (Wildman–Crippen MR) is 106 cm³/mol. The molecule has 162 valence electrons. The van der Waals surface area contributed by atoms with E-state index in [-0.39, 0.29) is 12.2 Å². The zero-order valence-corrected chi connectivity index (χ0v) is 17.3. The highest BCUT2D eigenvalue weighted by molar-refractivity contribution is 5.67. The molecule has 0 bridgehead atoms. The van der Waals surface area contributed by atoms with E-state index in [0.717, 1.165) is 6.07 Å². The van der Waals surface area contributed by atoms with Crippen LogP contribution in [0.25, 0.3) is 0 Å². The quantitative estimate of drug-likeness (QED) is 0.545. The largest absolute Gasteiger partial charge is 0.444 e. The maximum atomic E-state index is 14.0. The number of anilines is 1. The lowest BCUT2D eigenvalue weighted by Crippen LogP contribution is -2.53. The standard InChI is InChI=1S/C19H29FN4O5/c1-5-13-10-15(16(24(27)28)11-14(13)20)22-6-8-23(9-7-22)17(25)12-21-18(26)29-19(2,3)4/h10-11,17,25H,5-9,12H2,1-4H3,(H,21,26). The number of nitrogens with zero attached hydrogens (tertiary/aromatic N) is 3. The monoisotopic (exact) mass is 412 g/mol. The summed E-state index contributed by atoms with van der Waals surface area (Å²) in [4.78, 5) is 26.1. The predicted octanol–water partition coefficient (Wildman–Crippen LogP) is 2.26. The van der Waals surface area contributed by atoms with Crippen molar-refractivity contribution >= 4 is 17.5 Å². The van der Waals surface area contributed by atoms with Crippen molar-refractivity contribution in [2.24, 2.45) is 0 Å². The van der Waals surface area contributed by atoms with E-state index in [9.17, 15) is 24.4 Å². The number of aryl methyl sites for hydroxylation is 1. The Hall–Kier alpha value is -2.46. The number of piperazine rings is 1. The molecule has 0 aliphatic carbocycles. The van der Waals surface area contributed by atoms with Crippen LogP contribution >= 0.6 is 0 Å². The van der Waals surface area contributed by atoms with E-state index in [1.165, 1.54) is 6.07 Å². The number of carbonyl (C=O) groups is 1. The molecule has 1 aromatic rings. The minimum Gasteiger partial charge on any atom is -0.444 e. The molecule has 1 amide bonds. The van der Waals surface area contributed by atoms with Crippen LogP contribution < -0.4 is 10.2 Å². The van der Waals surface area contributed by atoms with Crippen molar-refractivity contribution < 1.29 is 24.0 Å². The lowest BCUT2D eigenvalue weighted by Gasteiger charge is -2.38. The van der Waals surface area contributed by atoms with Gasteiger partial charge in [0.25, 0.3) is 5.69 Å². The van der Waals surface area contributed by atoms with Crippen molar-refractivity contribution in [3.05, 3.63) is 33.6 Å². The highest BCUT2D eigenvalue weighted by atomic mass is 19.1. The lowest BCUT2D eigenvalue weighted by atomic mass is 10.1. The Balaban J connectivity index is 1.97. The average Bonchev–Trinajstić information content (AvgIpc) is 2.64. The van der Waals surface area contributed by atoms with Gasteiger partial charge >= 0.3 is 6.09 Å². The van der Waals surface area contributed by atoms with Gasteiger partial charge in [-0.15, -0.1) is 0 Å². The number of aliphatic hydroxyl groups is 1. The zero-order valence-electron chi connectivity index (χ0n) is 17.3. The van der Waals surface area contributed by atoms with E-state index < -0.39 is 28.7 Å². The number of alkyl carbamates (subject to hydrolysis) is 1. The number of carbonyl (C=O) groups excluding carboxylic acids is 1. The number of benzene rings is 1. The number of nitro benzene ring substituents is 1. The molecule has 0 radical (unpaired) electrons. The van der Waals surface area contributed by atoms with Gasteiger partial charge in [0.1, 0.15) is 23.3 Å². The van der Waals surface area contributed by atoms with Crippen molar-refractivity contribution in [2.75, 3.05) is 37.6 Å². The van der Waals surface area contributed by atoms with Crippen molar-refractivity contribution in [2.45, 2.75) is 45.9 Å². The van der Waals surface area contributed by atoms with Crippen LogP contribution in [0.5, 0.6) is 0 Å². The zero-order chi connectivity index (χ0) is 21.8. The van der Waals surface area contributed by atoms with E-state index in [1.54, 1.807) is 32.6 Å². The summed E-state index contributed by atoms with van der Waals surface area (Å²) >= 11 is 0. The first-order chi connectivity index (χ1) is 13.5. The van der Waals surface area contributed by atoms with Gasteiger partial charge in [-0.05, 0) is 38.8 Å². The summed E-state index contributed by atoms with van der Waals surface area (Å²) in [6.45, 7) is 8.78. The Morgan fingerprint density at radius 1 is 1.34 bits per heavy atom. The highest BCUT2D eigenvalue weighted by Crippen LogP contribution is 2.32. The number of hydrogen-bond acceptors (Lipinski definition) is 7. The molecule has 2 N–H and O–H groups in total. The van der Waals surface area contributed by atoms with Gasteiger partial charge in [-0.2, -0.15) is 0 Å². The smallest absolute Gasteiger partial charge is 0.407 e. The summed E-state index contributed by atoms with van der Waals surface area (Å²) in [5.74, 6) is -0.578. The second kappa shape index (κ2) is 9.36. The van der Waals surface area contributed by atoms with E-state index in [2.05, 4.69) is 5.32 Å². The number of ether oxygens (including phenoxy) is 1. The molecular formula is C19H29FN4O5. The molecule has 1 aliphatic rings. The van der Waals surface area contributed by atoms with Gasteiger partial charge in [0.2, 0.25) is 0 Å². The minimum absolute atomic E-state index is 0.00555. The second-order valence-corrected chi connectivity index (χ2v) is 7.93. The van der Waals surface area contributed by atoms with E-state index in [1.807, 2.05) is 4.90 Å². The molecule has 0 aromatic heterocycles. The van der Waals surface area contributed by atoms with Crippen molar-refractivity contribution in [1.82, 2.24) is 10.2 Å². The van der Waals surface area contributed by atoms with Gasteiger partial charge in [0.15, 0.2) is 0 Å². The van der Waals surface area contributed by atoms with Gasteiger partial charge in [0, 0.05) is 26.2 Å². The van der Waals surface area contributed by atoms with E-state index >= 15 is 0 Å². The molecule has 1 unspecified atom stereocenters. The molecule has 1 fully saturated rings. The first kappa shape index (κ1) is 22.8. The fourth-order valence-corrected chi connectivity index (χ4v) is 3.14. The number of nitro groups is 1. The van der Waals surface area contributed by atoms with Crippen LogP contribution in [-0.4, -0.2) is 65.6 Å². The Morgan fingerprint density at radius 3 is 2.48 bits per heavy atom. The molecule has 1 atom stereocenters. The number of aliphatic hydroxyl groups excluding tert-OH is 1. The van der Waals surface area contributed by atoms with Crippen LogP contribution in [0.15, 0.2) is 12.1 Å². The molecule has 10 heteroatoms. The third-order valence-corrected chi connectivity index (χ3v) is 4.63. The van der Waals surface area contributed by atoms with Gasteiger partial charge in [-0.1, -0.05) is 6.92 Å². The Morgan fingerprint density at radius 2 is 1.97 bits per heavy atom. The van der Waals surface area contributed by atoms with Gasteiger partial charge < -0.3 is 20.1 Å². The fraction of sp³-hybridized carbons (Fsp3) is 0.632. The maximum Gasteiger partial charge on any atom is 0.407 e. The number of halogens is 1. The third-order valence-electron chi connectivity index (χ3n) is 4.63. The molecule has 29 heavy (non-hydrogen) atoms. The Bertz CT molecular complexity index is 745. The van der Waals surface area contributed by atoms with Crippen molar-refractivity contribution in [3.8, 4) is 0 Å². The number of nitrogens with one attached hydrogen (secondary N) is 1. The lowest BCUT2D eigenvalue weighted by molar-refractivity contribution is -0.384. The van der Waals surface area contributed by atoms with Crippen LogP contribution in [0.2, 0.25) is 0 Å². The summed E-state index contributed by atoms with van der Waals surface area (Å²) < 4.78 is 19.1. The first-order valence-electron chi connectivity index (χ1n) is 9.62. The van der Waals surface area contributed by atoms with Gasteiger partial charge in [-0.25, -0.2) is 9.18 Å². The molecule has 2 rings (SSSR count). The average molecular weight is 412 g/mol. The number of hydrogen-bond donors (Lipinski definition) is 2. The SMILES string of the molecule is CCc1cc(N2CCN(C(O)CNC(=O)OC(C)(C)C)CC2)c([N+](=O)[O-])cc1F. The fourth-order valence-electron chi connectivity index (χ4n) is 3.14. The van der Waals surface area contributed by atoms with Crippen LogP contribution in [0, 0.1) is 15.9 Å². The second-order valence-electron chi connectivity index (χ2n) is 7.93. The van der Waals surface area contributed by atoms with Crippen molar-refractivity contribution in [1.29, 1.82) is 0 Å². The van der Waals surface area contributed by atoms with Crippen molar-refractivity contribution in [3.63, 3.8) is 0 Å². The van der Waals surface area contributed by atoms with E-state index in [0.29, 0.717) is 43.9 Å². The molecule has 1 aliphatic heterocycles. The van der Waals surface area contributed by atoms with E-state index in [4.69, 9.17) is 4.74 Å². The van der Waals surface area contributed by atoms with Crippen LogP contribution in [-0.2, 0) is 11.2 Å². The highest BCUT2D eigenvalue weighted by Gasteiger charge is 2.28. The molecule has 1 aromatic carbocycles. The minimum atomic E-state index is -0.904. The van der Waals surface area contributed by atoms with Crippen LogP contribution in [0.4, 0.5) is 20.6 Å². The topological polar surface area (TPSA) is 108 Å². The molecule has 0 saturated carbocycles. The van der Waals surface area contributed by atoms with Crippen LogP contribution in [0.3, 0.4) is 0 Å².